The summed E-state index contributed by atoms with van der Waals surface area (Å²) >= 11 is 0. The Bertz CT molecular complexity index is 1240. The second-order valence-corrected chi connectivity index (χ2v) is 9.66. The number of anilines is 3. The predicted molar refractivity (Wildman–Crippen MR) is 128 cm³/mol. The zero-order chi connectivity index (χ0) is 23.2. The average molecular weight is 448 g/mol. The van der Waals surface area contributed by atoms with Crippen molar-refractivity contribution in [3.05, 3.63) is 47.4 Å². The Morgan fingerprint density at radius 1 is 1.27 bits per heavy atom. The van der Waals surface area contributed by atoms with E-state index in [0.29, 0.717) is 13.1 Å². The normalized spacial score (nSPS) is 18.0. The maximum atomic E-state index is 12.4. The number of nitrogens with one attached hydrogen (secondary N) is 3. The van der Waals surface area contributed by atoms with E-state index in [-0.39, 0.29) is 12.1 Å². The molecule has 9 heteroatoms. The largest absolute Gasteiger partial charge is 0.444 e. The van der Waals surface area contributed by atoms with Crippen LogP contribution >= 0.6 is 0 Å². The maximum Gasteiger partial charge on any atom is 0.410 e. The van der Waals surface area contributed by atoms with Crippen molar-refractivity contribution in [1.29, 1.82) is 0 Å². The molecule has 0 saturated carbocycles. The molecule has 1 unspecified atom stereocenters. The Morgan fingerprint density at radius 2 is 2.12 bits per heavy atom. The van der Waals surface area contributed by atoms with Gasteiger partial charge in [0.2, 0.25) is 0 Å². The summed E-state index contributed by atoms with van der Waals surface area (Å²) in [6.07, 6.45) is 6.87. The van der Waals surface area contributed by atoms with Gasteiger partial charge < -0.3 is 20.3 Å². The van der Waals surface area contributed by atoms with Gasteiger partial charge in [-0.15, -0.1) is 0 Å². The molecule has 0 saturated heterocycles. The van der Waals surface area contributed by atoms with Crippen LogP contribution in [0.5, 0.6) is 0 Å². The van der Waals surface area contributed by atoms with Crippen LogP contribution in [-0.4, -0.2) is 55.9 Å². The molecule has 0 aliphatic carbocycles. The van der Waals surface area contributed by atoms with Crippen molar-refractivity contribution >= 4 is 34.3 Å². The van der Waals surface area contributed by atoms with Crippen molar-refractivity contribution in [2.75, 3.05) is 23.7 Å². The number of nitrogens with zero attached hydrogens (tertiary/aromatic N) is 4. The van der Waals surface area contributed by atoms with Crippen molar-refractivity contribution in [2.45, 2.75) is 52.2 Å². The van der Waals surface area contributed by atoms with E-state index in [1.807, 2.05) is 27.0 Å². The summed E-state index contributed by atoms with van der Waals surface area (Å²) in [5.74, 6) is 1.67. The van der Waals surface area contributed by atoms with Gasteiger partial charge in [0.1, 0.15) is 23.6 Å². The minimum atomic E-state index is -0.488. The minimum Gasteiger partial charge on any atom is -0.444 e. The van der Waals surface area contributed by atoms with Crippen LogP contribution in [0.1, 0.15) is 38.3 Å². The number of fused-ring (bicyclic) bond motifs is 2. The lowest BCUT2D eigenvalue weighted by Crippen LogP contribution is -2.40. The van der Waals surface area contributed by atoms with Crippen molar-refractivity contribution in [3.63, 3.8) is 0 Å². The summed E-state index contributed by atoms with van der Waals surface area (Å²) in [6.45, 7) is 8.93. The van der Waals surface area contributed by atoms with Gasteiger partial charge in [-0.2, -0.15) is 5.10 Å². The highest BCUT2D eigenvalue weighted by Gasteiger charge is 2.31. The Morgan fingerprint density at radius 3 is 2.88 bits per heavy atom. The number of hydrogen-bond donors (Lipinski definition) is 3. The molecule has 1 atom stereocenters. The number of amides is 1. The number of aromatic amines is 1. The second-order valence-electron chi connectivity index (χ2n) is 9.66. The molecule has 3 aromatic rings. The number of H-pyrrole nitrogens is 1. The molecule has 0 radical (unpaired) electrons. The van der Waals surface area contributed by atoms with Crippen LogP contribution in [0.15, 0.2) is 36.3 Å². The van der Waals surface area contributed by atoms with Crippen LogP contribution in [0, 0.1) is 6.92 Å². The molecule has 2 aliphatic rings. The van der Waals surface area contributed by atoms with Gasteiger partial charge in [0.25, 0.3) is 0 Å². The second kappa shape index (κ2) is 8.06. The third-order valence-electron chi connectivity index (χ3n) is 6.05. The van der Waals surface area contributed by atoms with Gasteiger partial charge in [0.15, 0.2) is 0 Å². The first-order chi connectivity index (χ1) is 15.8. The van der Waals surface area contributed by atoms with Gasteiger partial charge in [-0.25, -0.2) is 14.8 Å². The number of benzene rings is 1. The van der Waals surface area contributed by atoms with Crippen LogP contribution in [0.4, 0.5) is 22.1 Å². The number of aryl methyl sites for hydroxylation is 1. The standard InChI is InChI=1S/C24H29N7O2/c1-14-9-20-16(12-27-30-20)10-18(14)28-21-17-11-19(29-22(17)26-13-25-21)15-5-7-31(8-6-15)23(32)33-24(2,3)4/h5,9-10,12-13,19H,6-8,11H2,1-4H3,(H,27,30)(H2,25,26,28,29). The fourth-order valence-corrected chi connectivity index (χ4v) is 4.34. The Hall–Kier alpha value is -3.62. The molecule has 0 fully saturated rings. The lowest BCUT2D eigenvalue weighted by atomic mass is 9.97. The summed E-state index contributed by atoms with van der Waals surface area (Å²) in [5.41, 5.74) is 4.99. The highest BCUT2D eigenvalue weighted by Crippen LogP contribution is 2.35. The lowest BCUT2D eigenvalue weighted by molar-refractivity contribution is 0.0265. The topological polar surface area (TPSA) is 108 Å². The van der Waals surface area contributed by atoms with Crippen LogP contribution in [0.2, 0.25) is 0 Å². The molecule has 0 spiro atoms. The third-order valence-corrected chi connectivity index (χ3v) is 6.05. The van der Waals surface area contributed by atoms with E-state index in [1.165, 1.54) is 5.57 Å². The first-order valence-electron chi connectivity index (χ1n) is 11.2. The predicted octanol–water partition coefficient (Wildman–Crippen LogP) is 4.31. The van der Waals surface area contributed by atoms with Crippen LogP contribution < -0.4 is 10.6 Å². The summed E-state index contributed by atoms with van der Waals surface area (Å²) in [6, 6.07) is 4.31. The van der Waals surface area contributed by atoms with Crippen LogP contribution in [0.25, 0.3) is 10.9 Å². The van der Waals surface area contributed by atoms with Crippen molar-refractivity contribution in [3.8, 4) is 0 Å². The smallest absolute Gasteiger partial charge is 0.410 e. The molecule has 2 aromatic heterocycles. The maximum absolute atomic E-state index is 12.4. The molecule has 0 bridgehead atoms. The van der Waals surface area contributed by atoms with E-state index < -0.39 is 5.60 Å². The fourth-order valence-electron chi connectivity index (χ4n) is 4.34. The molecule has 172 valence electrons. The third kappa shape index (κ3) is 4.35. The summed E-state index contributed by atoms with van der Waals surface area (Å²) in [4.78, 5) is 23.1. The van der Waals surface area contributed by atoms with E-state index in [2.05, 4.69) is 55.9 Å². The fraction of sp³-hybridized carbons (Fsp3) is 0.417. The molecular weight excluding hydrogens is 418 g/mol. The van der Waals surface area contributed by atoms with Gasteiger partial charge in [-0.1, -0.05) is 6.08 Å². The highest BCUT2D eigenvalue weighted by atomic mass is 16.6. The van der Waals surface area contributed by atoms with E-state index in [9.17, 15) is 4.79 Å². The Kier molecular flexibility index (Phi) is 5.19. The summed E-state index contributed by atoms with van der Waals surface area (Å²) in [7, 11) is 0. The Balaban J connectivity index is 1.30. The SMILES string of the molecule is Cc1cc2[nH]ncc2cc1Nc1ncnc2c1CC(C1=CCN(C(=O)OC(C)(C)C)CC1)N2. The molecule has 2 aliphatic heterocycles. The summed E-state index contributed by atoms with van der Waals surface area (Å²) < 4.78 is 5.50. The zero-order valence-electron chi connectivity index (χ0n) is 19.4. The molecule has 1 aromatic carbocycles. The van der Waals surface area contributed by atoms with Crippen LogP contribution in [0.3, 0.4) is 0 Å². The van der Waals surface area contributed by atoms with Crippen molar-refractivity contribution in [2.24, 2.45) is 0 Å². The zero-order valence-corrected chi connectivity index (χ0v) is 19.4. The molecule has 5 rings (SSSR count). The quantitative estimate of drug-likeness (QED) is 0.514. The first kappa shape index (κ1) is 21.2. The van der Waals surface area contributed by atoms with E-state index in [4.69, 9.17) is 4.74 Å². The monoisotopic (exact) mass is 447 g/mol. The lowest BCUT2D eigenvalue weighted by Gasteiger charge is -2.31. The first-order valence-corrected chi connectivity index (χ1v) is 11.2. The molecule has 4 heterocycles. The summed E-state index contributed by atoms with van der Waals surface area (Å²) in [5, 5.41) is 15.2. The van der Waals surface area contributed by atoms with Gasteiger partial charge in [0.05, 0.1) is 17.8 Å². The molecule has 9 nitrogen and oxygen atoms in total. The highest BCUT2D eigenvalue weighted by molar-refractivity contribution is 5.85. The number of ether oxygens (including phenoxy) is 1. The Labute approximate surface area is 192 Å². The van der Waals surface area contributed by atoms with Gasteiger partial charge >= 0.3 is 6.09 Å². The van der Waals surface area contributed by atoms with Gasteiger partial charge in [0, 0.05) is 36.1 Å². The number of carbonyl (C=O) groups excluding carboxylic acids is 1. The molecule has 33 heavy (non-hydrogen) atoms. The number of carbonyl (C=O) groups is 1. The van der Waals surface area contributed by atoms with E-state index >= 15 is 0 Å². The minimum absolute atomic E-state index is 0.149. The number of rotatable bonds is 3. The van der Waals surface area contributed by atoms with Crippen molar-refractivity contribution in [1.82, 2.24) is 25.1 Å². The number of aromatic nitrogens is 4. The van der Waals surface area contributed by atoms with Gasteiger partial charge in [-0.3, -0.25) is 5.10 Å². The van der Waals surface area contributed by atoms with Gasteiger partial charge in [-0.05, 0) is 57.4 Å². The molecular formula is C24H29N7O2. The van der Waals surface area contributed by atoms with Crippen LogP contribution in [-0.2, 0) is 11.2 Å². The van der Waals surface area contributed by atoms with Crippen molar-refractivity contribution < 1.29 is 9.53 Å². The molecule has 1 amide bonds. The van der Waals surface area contributed by atoms with E-state index in [0.717, 1.165) is 52.2 Å². The number of hydrogen-bond acceptors (Lipinski definition) is 7. The molecule has 3 N–H and O–H groups in total. The average Bonchev–Trinajstić information content (AvgIpc) is 3.40. The van der Waals surface area contributed by atoms with E-state index in [1.54, 1.807) is 11.2 Å².